The first-order chi connectivity index (χ1) is 11.2. The fourth-order valence-electron chi connectivity index (χ4n) is 2.25. The molecule has 24 heavy (non-hydrogen) atoms. The topological polar surface area (TPSA) is 66.5 Å². The smallest absolute Gasteiger partial charge is 0.245 e. The van der Waals surface area contributed by atoms with Gasteiger partial charge in [-0.3, -0.25) is 9.10 Å². The molecule has 0 atom stereocenters. The molecular formula is C17H19FN2O3S. The van der Waals surface area contributed by atoms with E-state index in [4.69, 9.17) is 0 Å². The lowest BCUT2D eigenvalue weighted by molar-refractivity contribution is -0.114. The number of nitrogens with one attached hydrogen (secondary N) is 1. The lowest BCUT2D eigenvalue weighted by Gasteiger charge is -2.24. The van der Waals surface area contributed by atoms with Crippen molar-refractivity contribution in [2.75, 3.05) is 22.4 Å². The molecule has 128 valence electrons. The normalized spacial score (nSPS) is 11.2. The van der Waals surface area contributed by atoms with E-state index in [1.165, 1.54) is 18.2 Å². The summed E-state index contributed by atoms with van der Waals surface area (Å²) < 4.78 is 38.9. The van der Waals surface area contributed by atoms with Gasteiger partial charge in [0.05, 0.1) is 17.6 Å². The molecule has 5 nitrogen and oxygen atoms in total. The number of para-hydroxylation sites is 1. The summed E-state index contributed by atoms with van der Waals surface area (Å²) in [5.41, 5.74) is 2.04. The van der Waals surface area contributed by atoms with E-state index in [1.807, 2.05) is 13.0 Å². The Morgan fingerprint density at radius 2 is 1.83 bits per heavy atom. The average molecular weight is 350 g/mol. The highest BCUT2D eigenvalue weighted by Crippen LogP contribution is 2.24. The molecule has 0 fully saturated rings. The van der Waals surface area contributed by atoms with Crippen LogP contribution in [0.5, 0.6) is 0 Å². The van der Waals surface area contributed by atoms with Gasteiger partial charge in [0.25, 0.3) is 0 Å². The summed E-state index contributed by atoms with van der Waals surface area (Å²) in [6, 6.07) is 11.1. The summed E-state index contributed by atoms with van der Waals surface area (Å²) in [5.74, 6) is -1.20. The van der Waals surface area contributed by atoms with Crippen LogP contribution in [0.1, 0.15) is 11.1 Å². The van der Waals surface area contributed by atoms with E-state index in [0.717, 1.165) is 21.7 Å². The molecule has 1 N–H and O–H groups in total. The number of hydrogen-bond acceptors (Lipinski definition) is 3. The molecule has 0 saturated heterocycles. The van der Waals surface area contributed by atoms with Gasteiger partial charge in [0.2, 0.25) is 15.9 Å². The molecule has 7 heteroatoms. The van der Waals surface area contributed by atoms with Crippen LogP contribution in [0.3, 0.4) is 0 Å². The van der Waals surface area contributed by atoms with Gasteiger partial charge in [-0.05, 0) is 43.2 Å². The third-order valence-electron chi connectivity index (χ3n) is 3.47. The van der Waals surface area contributed by atoms with Crippen molar-refractivity contribution in [2.45, 2.75) is 13.8 Å². The Labute approximate surface area is 141 Å². The zero-order valence-electron chi connectivity index (χ0n) is 13.7. The number of carbonyl (C=O) groups excluding carboxylic acids is 1. The number of amides is 1. The number of carbonyl (C=O) groups is 1. The van der Waals surface area contributed by atoms with Crippen LogP contribution in [-0.2, 0) is 14.8 Å². The molecule has 0 aliphatic carbocycles. The Hall–Kier alpha value is -2.41. The molecule has 0 saturated carbocycles. The summed E-state index contributed by atoms with van der Waals surface area (Å²) in [7, 11) is -3.68. The first kappa shape index (κ1) is 17.9. The minimum absolute atomic E-state index is 0.0110. The summed E-state index contributed by atoms with van der Waals surface area (Å²) in [5, 5.41) is 2.40. The number of anilines is 2. The molecule has 2 aromatic rings. The van der Waals surface area contributed by atoms with Crippen LogP contribution in [0.4, 0.5) is 15.8 Å². The Bertz CT molecular complexity index is 866. The van der Waals surface area contributed by atoms with Gasteiger partial charge in [0.15, 0.2) is 0 Å². The van der Waals surface area contributed by atoms with Gasteiger partial charge in [-0.25, -0.2) is 12.8 Å². The molecule has 2 aromatic carbocycles. The first-order valence-electron chi connectivity index (χ1n) is 7.28. The van der Waals surface area contributed by atoms with Gasteiger partial charge in [-0.2, -0.15) is 0 Å². The number of rotatable bonds is 5. The van der Waals surface area contributed by atoms with Gasteiger partial charge in [0.1, 0.15) is 12.4 Å². The van der Waals surface area contributed by atoms with Crippen LogP contribution in [0.25, 0.3) is 0 Å². The molecule has 0 spiro atoms. The van der Waals surface area contributed by atoms with Crippen molar-refractivity contribution in [1.82, 2.24) is 0 Å². The predicted molar refractivity (Wildman–Crippen MR) is 93.1 cm³/mol. The highest BCUT2D eigenvalue weighted by Gasteiger charge is 2.23. The van der Waals surface area contributed by atoms with Crippen LogP contribution in [0, 0.1) is 19.7 Å². The third-order valence-corrected chi connectivity index (χ3v) is 4.60. The molecular weight excluding hydrogens is 331 g/mol. The van der Waals surface area contributed by atoms with E-state index in [9.17, 15) is 17.6 Å². The summed E-state index contributed by atoms with van der Waals surface area (Å²) in [6.45, 7) is 3.17. The van der Waals surface area contributed by atoms with E-state index < -0.39 is 28.3 Å². The van der Waals surface area contributed by atoms with Gasteiger partial charge in [-0.15, -0.1) is 0 Å². The number of aryl methyl sites for hydroxylation is 2. The number of hydrogen-bond donors (Lipinski definition) is 1. The van der Waals surface area contributed by atoms with Crippen molar-refractivity contribution < 1.29 is 17.6 Å². The van der Waals surface area contributed by atoms with Crippen LogP contribution >= 0.6 is 0 Å². The standard InChI is InChI=1S/C17H19FN2O3S/c1-12-8-9-13(2)16(10-12)20(24(3,22)23)11-17(21)19-15-7-5-4-6-14(15)18/h4-10H,11H2,1-3H3,(H,19,21). The number of sulfonamides is 1. The lowest BCUT2D eigenvalue weighted by atomic mass is 10.1. The Morgan fingerprint density at radius 3 is 2.46 bits per heavy atom. The fraction of sp³-hybridized carbons (Fsp3) is 0.235. The van der Waals surface area contributed by atoms with Crippen molar-refractivity contribution in [1.29, 1.82) is 0 Å². The quantitative estimate of drug-likeness (QED) is 0.902. The Kier molecular flexibility index (Phi) is 5.23. The molecule has 2 rings (SSSR count). The maximum Gasteiger partial charge on any atom is 0.245 e. The van der Waals surface area contributed by atoms with Crippen LogP contribution < -0.4 is 9.62 Å². The minimum atomic E-state index is -3.68. The monoisotopic (exact) mass is 350 g/mol. The van der Waals surface area contributed by atoms with Gasteiger partial charge in [0, 0.05) is 0 Å². The molecule has 0 aliphatic rings. The maximum absolute atomic E-state index is 13.6. The predicted octanol–water partition coefficient (Wildman–Crippen LogP) is 2.85. The second-order valence-corrected chi connectivity index (χ2v) is 7.49. The molecule has 0 aromatic heterocycles. The number of nitrogens with zero attached hydrogens (tertiary/aromatic N) is 1. The first-order valence-corrected chi connectivity index (χ1v) is 9.12. The maximum atomic E-state index is 13.6. The second-order valence-electron chi connectivity index (χ2n) is 5.59. The number of halogens is 1. The van der Waals surface area contributed by atoms with Crippen LogP contribution in [0.2, 0.25) is 0 Å². The van der Waals surface area contributed by atoms with Crippen molar-refractivity contribution in [2.24, 2.45) is 0 Å². The van der Waals surface area contributed by atoms with Crippen molar-refractivity contribution in [3.63, 3.8) is 0 Å². The van der Waals surface area contributed by atoms with E-state index >= 15 is 0 Å². The molecule has 0 aliphatic heterocycles. The summed E-state index contributed by atoms with van der Waals surface area (Å²) in [6.07, 6.45) is 1.03. The average Bonchev–Trinajstić information content (AvgIpc) is 2.49. The molecule has 0 unspecified atom stereocenters. The minimum Gasteiger partial charge on any atom is -0.322 e. The fourth-order valence-corrected chi connectivity index (χ4v) is 3.16. The van der Waals surface area contributed by atoms with E-state index in [1.54, 1.807) is 25.1 Å². The Morgan fingerprint density at radius 1 is 1.17 bits per heavy atom. The van der Waals surface area contributed by atoms with Crippen molar-refractivity contribution in [3.05, 3.63) is 59.4 Å². The second kappa shape index (κ2) is 7.00. The van der Waals surface area contributed by atoms with E-state index in [-0.39, 0.29) is 5.69 Å². The van der Waals surface area contributed by atoms with E-state index in [2.05, 4.69) is 5.32 Å². The van der Waals surface area contributed by atoms with Crippen LogP contribution in [-0.4, -0.2) is 27.1 Å². The van der Waals surface area contributed by atoms with Crippen LogP contribution in [0.15, 0.2) is 42.5 Å². The van der Waals surface area contributed by atoms with E-state index in [0.29, 0.717) is 5.69 Å². The third kappa shape index (κ3) is 4.32. The van der Waals surface area contributed by atoms with Gasteiger partial charge < -0.3 is 5.32 Å². The highest BCUT2D eigenvalue weighted by molar-refractivity contribution is 7.92. The largest absolute Gasteiger partial charge is 0.322 e. The zero-order chi connectivity index (χ0) is 17.9. The summed E-state index contributed by atoms with van der Waals surface area (Å²) in [4.78, 5) is 12.2. The highest BCUT2D eigenvalue weighted by atomic mass is 32.2. The SMILES string of the molecule is Cc1ccc(C)c(N(CC(=O)Nc2ccccc2F)S(C)(=O)=O)c1. The molecule has 1 amide bonds. The summed E-state index contributed by atoms with van der Waals surface area (Å²) >= 11 is 0. The molecule has 0 radical (unpaired) electrons. The zero-order valence-corrected chi connectivity index (χ0v) is 14.5. The molecule has 0 heterocycles. The number of benzene rings is 2. The van der Waals surface area contributed by atoms with Gasteiger partial charge in [-0.1, -0.05) is 24.3 Å². The lowest BCUT2D eigenvalue weighted by Crippen LogP contribution is -2.38. The van der Waals surface area contributed by atoms with Crippen molar-refractivity contribution >= 4 is 27.3 Å². The molecule has 0 bridgehead atoms. The Balaban J connectivity index is 2.29. The van der Waals surface area contributed by atoms with Crippen molar-refractivity contribution in [3.8, 4) is 0 Å². The van der Waals surface area contributed by atoms with Gasteiger partial charge >= 0.3 is 0 Å².